The zero-order valence-corrected chi connectivity index (χ0v) is 13.0. The number of nitrogens with one attached hydrogen (secondary N) is 2. The number of aliphatic carboxylic acids is 1. The van der Waals surface area contributed by atoms with E-state index in [1.165, 1.54) is 10.4 Å². The molecule has 0 radical (unpaired) electrons. The fraction of sp³-hybridized carbons (Fsp3) is 0.500. The number of urea groups is 1. The number of amides is 3. The van der Waals surface area contributed by atoms with E-state index in [-0.39, 0.29) is 12.8 Å². The molecule has 3 N–H and O–H groups in total. The highest BCUT2D eigenvalue weighted by Crippen LogP contribution is 2.20. The average molecular weight is 312 g/mol. The maximum Gasteiger partial charge on any atom is 0.321 e. The van der Waals surface area contributed by atoms with E-state index < -0.39 is 17.9 Å². The van der Waals surface area contributed by atoms with Crippen LogP contribution in [-0.2, 0) is 16.1 Å². The number of hydrogen-bond acceptors (Lipinski definition) is 4. The summed E-state index contributed by atoms with van der Waals surface area (Å²) < 4.78 is 0. The Labute approximate surface area is 127 Å². The van der Waals surface area contributed by atoms with Gasteiger partial charge >= 0.3 is 12.0 Å². The molecule has 0 aliphatic rings. The lowest BCUT2D eigenvalue weighted by atomic mass is 10.2. The van der Waals surface area contributed by atoms with Gasteiger partial charge in [0.1, 0.15) is 0 Å². The van der Waals surface area contributed by atoms with Crippen LogP contribution in [0.4, 0.5) is 4.79 Å². The van der Waals surface area contributed by atoms with Gasteiger partial charge in [-0.15, -0.1) is 11.3 Å². The summed E-state index contributed by atoms with van der Waals surface area (Å²) in [6.45, 7) is 4.41. The lowest BCUT2D eigenvalue weighted by Crippen LogP contribution is -2.38. The highest BCUT2D eigenvalue weighted by molar-refractivity contribution is 7.12. The van der Waals surface area contributed by atoms with Crippen LogP contribution in [0.5, 0.6) is 0 Å². The van der Waals surface area contributed by atoms with Crippen LogP contribution in [0.2, 0.25) is 0 Å². The SMILES string of the molecule is Cc1cc(CNC(=O)NC(=O)CCCCC(=O)O)sc1C. The minimum Gasteiger partial charge on any atom is -0.481 e. The molecule has 3 amide bonds. The molecule has 1 rings (SSSR count). The first-order chi connectivity index (χ1) is 9.88. The Morgan fingerprint density at radius 2 is 1.86 bits per heavy atom. The highest BCUT2D eigenvalue weighted by atomic mass is 32.1. The van der Waals surface area contributed by atoms with E-state index in [2.05, 4.69) is 10.6 Å². The number of carbonyl (C=O) groups excluding carboxylic acids is 2. The number of aryl methyl sites for hydroxylation is 2. The number of carboxylic acids is 1. The summed E-state index contributed by atoms with van der Waals surface area (Å²) in [4.78, 5) is 35.5. The molecular formula is C14H20N2O4S. The van der Waals surface area contributed by atoms with Gasteiger partial charge in [0.25, 0.3) is 0 Å². The molecule has 21 heavy (non-hydrogen) atoms. The number of hydrogen-bond donors (Lipinski definition) is 3. The van der Waals surface area contributed by atoms with E-state index in [0.717, 1.165) is 4.88 Å². The Bertz CT molecular complexity index is 506. The van der Waals surface area contributed by atoms with Gasteiger partial charge in [0.05, 0.1) is 6.54 Å². The predicted molar refractivity (Wildman–Crippen MR) is 80.3 cm³/mol. The van der Waals surface area contributed by atoms with Crippen molar-refractivity contribution in [3.8, 4) is 0 Å². The molecule has 0 bridgehead atoms. The second-order valence-electron chi connectivity index (χ2n) is 4.78. The first-order valence-electron chi connectivity index (χ1n) is 6.74. The van der Waals surface area contributed by atoms with Crippen LogP contribution >= 0.6 is 11.3 Å². The standard InChI is InChI=1S/C14H20N2O4S/c1-9-7-11(21-10(9)2)8-15-14(20)16-12(17)5-3-4-6-13(18)19/h7H,3-6,8H2,1-2H3,(H,18,19)(H2,15,16,17,20). The van der Waals surface area contributed by atoms with Crippen molar-refractivity contribution in [2.45, 2.75) is 46.1 Å². The lowest BCUT2D eigenvalue weighted by Gasteiger charge is -2.05. The molecular weight excluding hydrogens is 292 g/mol. The zero-order valence-electron chi connectivity index (χ0n) is 12.2. The molecule has 116 valence electrons. The monoisotopic (exact) mass is 312 g/mol. The fourth-order valence-electron chi connectivity index (χ4n) is 1.70. The summed E-state index contributed by atoms with van der Waals surface area (Å²) in [6.07, 6.45) is 1.07. The van der Waals surface area contributed by atoms with Crippen molar-refractivity contribution in [1.29, 1.82) is 0 Å². The summed E-state index contributed by atoms with van der Waals surface area (Å²) in [5.74, 6) is -1.27. The van der Waals surface area contributed by atoms with Gasteiger partial charge in [-0.05, 0) is 38.3 Å². The van der Waals surface area contributed by atoms with Crippen LogP contribution in [0, 0.1) is 13.8 Å². The van der Waals surface area contributed by atoms with Crippen LogP contribution in [0.15, 0.2) is 6.07 Å². The zero-order chi connectivity index (χ0) is 15.8. The van der Waals surface area contributed by atoms with Crippen molar-refractivity contribution in [2.24, 2.45) is 0 Å². The van der Waals surface area contributed by atoms with Crippen molar-refractivity contribution in [3.63, 3.8) is 0 Å². The van der Waals surface area contributed by atoms with E-state index >= 15 is 0 Å². The molecule has 6 nitrogen and oxygen atoms in total. The van der Waals surface area contributed by atoms with Crippen molar-refractivity contribution in [1.82, 2.24) is 10.6 Å². The highest BCUT2D eigenvalue weighted by Gasteiger charge is 2.08. The molecule has 0 aliphatic carbocycles. The van der Waals surface area contributed by atoms with Crippen molar-refractivity contribution >= 4 is 29.2 Å². The average Bonchev–Trinajstić information content (AvgIpc) is 2.71. The first-order valence-corrected chi connectivity index (χ1v) is 7.55. The molecule has 7 heteroatoms. The summed E-state index contributed by atoms with van der Waals surface area (Å²) >= 11 is 1.61. The summed E-state index contributed by atoms with van der Waals surface area (Å²) in [5.41, 5.74) is 1.19. The normalized spacial score (nSPS) is 10.2. The molecule has 0 unspecified atom stereocenters. The molecule has 1 aromatic rings. The molecule has 1 aromatic heterocycles. The number of imide groups is 1. The van der Waals surface area contributed by atoms with Crippen LogP contribution in [0.3, 0.4) is 0 Å². The molecule has 0 fully saturated rings. The number of unbranched alkanes of at least 4 members (excludes halogenated alkanes) is 1. The maximum atomic E-state index is 11.5. The van der Waals surface area contributed by atoms with Crippen LogP contribution in [-0.4, -0.2) is 23.0 Å². The number of rotatable bonds is 7. The minimum atomic E-state index is -0.880. The molecule has 1 heterocycles. The largest absolute Gasteiger partial charge is 0.481 e. The fourth-order valence-corrected chi connectivity index (χ4v) is 2.69. The third-order valence-electron chi connectivity index (χ3n) is 2.94. The third-order valence-corrected chi connectivity index (χ3v) is 4.09. The Hall–Kier alpha value is -1.89. The summed E-state index contributed by atoms with van der Waals surface area (Å²) in [6, 6.07) is 1.48. The van der Waals surface area contributed by atoms with Crippen LogP contribution in [0.1, 0.15) is 41.0 Å². The molecule has 0 saturated carbocycles. The Balaban J connectivity index is 2.20. The summed E-state index contributed by atoms with van der Waals surface area (Å²) in [5, 5.41) is 13.3. The van der Waals surface area contributed by atoms with Gasteiger partial charge in [0, 0.05) is 22.6 Å². The first kappa shape index (κ1) is 17.2. The Morgan fingerprint density at radius 1 is 1.19 bits per heavy atom. The van der Waals surface area contributed by atoms with Crippen LogP contribution in [0.25, 0.3) is 0 Å². The van der Waals surface area contributed by atoms with Gasteiger partial charge in [0.15, 0.2) is 0 Å². The van der Waals surface area contributed by atoms with Gasteiger partial charge in [-0.2, -0.15) is 0 Å². The lowest BCUT2D eigenvalue weighted by molar-refractivity contribution is -0.137. The van der Waals surface area contributed by atoms with Gasteiger partial charge in [0.2, 0.25) is 5.91 Å². The quantitative estimate of drug-likeness (QED) is 0.673. The van der Waals surface area contributed by atoms with Crippen LogP contribution < -0.4 is 10.6 Å². The smallest absolute Gasteiger partial charge is 0.321 e. The molecule has 0 saturated heterocycles. The second kappa shape index (κ2) is 8.41. The number of carboxylic acid groups (broad SMARTS) is 1. The van der Waals surface area contributed by atoms with E-state index in [1.54, 1.807) is 11.3 Å². The van der Waals surface area contributed by atoms with Crippen molar-refractivity contribution < 1.29 is 19.5 Å². The van der Waals surface area contributed by atoms with E-state index in [4.69, 9.17) is 5.11 Å². The van der Waals surface area contributed by atoms with E-state index in [9.17, 15) is 14.4 Å². The molecule has 0 aromatic carbocycles. The number of carbonyl (C=O) groups is 3. The van der Waals surface area contributed by atoms with Gasteiger partial charge < -0.3 is 10.4 Å². The van der Waals surface area contributed by atoms with E-state index in [0.29, 0.717) is 19.4 Å². The topological polar surface area (TPSA) is 95.5 Å². The maximum absolute atomic E-state index is 11.5. The van der Waals surface area contributed by atoms with Crippen molar-refractivity contribution in [3.05, 3.63) is 21.4 Å². The third kappa shape index (κ3) is 6.89. The van der Waals surface area contributed by atoms with Crippen molar-refractivity contribution in [2.75, 3.05) is 0 Å². The minimum absolute atomic E-state index is 0.0383. The second-order valence-corrected chi connectivity index (χ2v) is 6.12. The van der Waals surface area contributed by atoms with Gasteiger partial charge in [-0.1, -0.05) is 0 Å². The predicted octanol–water partition coefficient (Wildman–Crippen LogP) is 2.34. The molecule has 0 spiro atoms. The summed E-state index contributed by atoms with van der Waals surface area (Å²) in [7, 11) is 0. The van der Waals surface area contributed by atoms with Gasteiger partial charge in [-0.3, -0.25) is 14.9 Å². The Kier molecular flexibility index (Phi) is 6.87. The van der Waals surface area contributed by atoms with Gasteiger partial charge in [-0.25, -0.2) is 4.79 Å². The number of thiophene rings is 1. The Morgan fingerprint density at radius 3 is 2.43 bits per heavy atom. The molecule has 0 aliphatic heterocycles. The molecule has 0 atom stereocenters. The van der Waals surface area contributed by atoms with E-state index in [1.807, 2.05) is 19.9 Å².